The maximum absolute atomic E-state index is 11.7. The van der Waals surface area contributed by atoms with Gasteiger partial charge in [-0.1, -0.05) is 0 Å². The third kappa shape index (κ3) is 2.37. The van der Waals surface area contributed by atoms with Gasteiger partial charge in [0, 0.05) is 4.47 Å². The van der Waals surface area contributed by atoms with Gasteiger partial charge >= 0.3 is 0 Å². The lowest BCUT2D eigenvalue weighted by atomic mass is 10.4. The monoisotopic (exact) mass is 284 g/mol. The minimum Gasteiger partial charge on any atom is -0.288 e. The summed E-state index contributed by atoms with van der Waals surface area (Å²) in [4.78, 5) is 16.1. The van der Waals surface area contributed by atoms with Crippen LogP contribution in [0.4, 0.5) is 5.95 Å². The second-order valence-corrected chi connectivity index (χ2v) is 4.29. The number of nitrogens with one attached hydrogen (secondary N) is 1. The van der Waals surface area contributed by atoms with Crippen molar-refractivity contribution < 1.29 is 4.79 Å². The molecule has 0 fully saturated rings. The zero-order valence-electron chi connectivity index (χ0n) is 7.35. The summed E-state index contributed by atoms with van der Waals surface area (Å²) in [6.07, 6.45) is 2.91. The third-order valence-corrected chi connectivity index (χ3v) is 3.37. The third-order valence-electron chi connectivity index (χ3n) is 1.53. The van der Waals surface area contributed by atoms with E-state index >= 15 is 0 Å². The van der Waals surface area contributed by atoms with E-state index in [1.807, 2.05) is 11.4 Å². The summed E-state index contributed by atoms with van der Waals surface area (Å²) in [5, 5.41) is 11.6. The van der Waals surface area contributed by atoms with Crippen LogP contribution in [0.3, 0.4) is 0 Å². The predicted molar refractivity (Wildman–Crippen MR) is 59.8 cm³/mol. The number of thiophene rings is 1. The lowest BCUT2D eigenvalue weighted by molar-refractivity contribution is 0.102. The van der Waals surface area contributed by atoms with Crippen LogP contribution in [-0.4, -0.2) is 21.1 Å². The van der Waals surface area contributed by atoms with Gasteiger partial charge in [-0.15, -0.1) is 16.4 Å². The van der Waals surface area contributed by atoms with E-state index in [9.17, 15) is 4.79 Å². The number of amides is 1. The molecule has 2 aromatic rings. The topological polar surface area (TPSA) is 67.8 Å². The minimum absolute atomic E-state index is 0.197. The molecule has 0 aromatic carbocycles. The first kappa shape index (κ1) is 10.2. The summed E-state index contributed by atoms with van der Waals surface area (Å²) in [6, 6.07) is 1.81. The lowest BCUT2D eigenvalue weighted by Crippen LogP contribution is -2.13. The van der Waals surface area contributed by atoms with E-state index in [-0.39, 0.29) is 11.9 Å². The molecule has 0 unspecified atom stereocenters. The van der Waals surface area contributed by atoms with Gasteiger partial charge in [-0.3, -0.25) is 10.1 Å². The molecular weight excluding hydrogens is 280 g/mol. The standard InChI is InChI=1S/C8H5BrN4OS/c9-5-1-4-15-6(5)7(14)12-8-10-2-3-11-13-8/h1-4H,(H,10,12,13,14). The normalized spacial score (nSPS) is 9.93. The molecule has 1 N–H and O–H groups in total. The van der Waals surface area contributed by atoms with Gasteiger partial charge in [-0.25, -0.2) is 4.98 Å². The molecule has 0 bridgehead atoms. The SMILES string of the molecule is O=C(Nc1nccnn1)c1sccc1Br. The molecule has 0 saturated heterocycles. The predicted octanol–water partition coefficient (Wildman–Crippen LogP) is 1.95. The Morgan fingerprint density at radius 2 is 2.33 bits per heavy atom. The van der Waals surface area contributed by atoms with E-state index in [1.165, 1.54) is 23.7 Å². The molecule has 2 aromatic heterocycles. The number of rotatable bonds is 2. The summed E-state index contributed by atoms with van der Waals surface area (Å²) < 4.78 is 0.758. The van der Waals surface area contributed by atoms with Gasteiger partial charge in [0.05, 0.1) is 12.4 Å². The Labute approximate surface area is 97.7 Å². The van der Waals surface area contributed by atoms with Crippen molar-refractivity contribution in [3.8, 4) is 0 Å². The Bertz CT molecular complexity index is 473. The van der Waals surface area contributed by atoms with Crippen molar-refractivity contribution in [2.75, 3.05) is 5.32 Å². The van der Waals surface area contributed by atoms with Crippen LogP contribution in [0.25, 0.3) is 0 Å². The molecule has 5 nitrogen and oxygen atoms in total. The Morgan fingerprint density at radius 3 is 2.93 bits per heavy atom. The minimum atomic E-state index is -0.245. The largest absolute Gasteiger partial charge is 0.288 e. The van der Waals surface area contributed by atoms with Gasteiger partial charge in [-0.2, -0.15) is 5.10 Å². The van der Waals surface area contributed by atoms with Crippen molar-refractivity contribution in [2.45, 2.75) is 0 Å². The molecule has 15 heavy (non-hydrogen) atoms. The molecule has 0 aliphatic heterocycles. The summed E-state index contributed by atoms with van der Waals surface area (Å²) in [7, 11) is 0. The van der Waals surface area contributed by atoms with Crippen molar-refractivity contribution in [1.82, 2.24) is 15.2 Å². The highest BCUT2D eigenvalue weighted by Gasteiger charge is 2.12. The van der Waals surface area contributed by atoms with E-state index < -0.39 is 0 Å². The van der Waals surface area contributed by atoms with Crippen molar-refractivity contribution in [3.63, 3.8) is 0 Å². The van der Waals surface area contributed by atoms with E-state index in [4.69, 9.17) is 0 Å². The molecule has 1 amide bonds. The number of hydrogen-bond donors (Lipinski definition) is 1. The molecule has 0 aliphatic carbocycles. The smallest absolute Gasteiger partial charge is 0.269 e. The number of carbonyl (C=O) groups excluding carboxylic acids is 1. The van der Waals surface area contributed by atoms with E-state index in [0.717, 1.165) is 4.47 Å². The summed E-state index contributed by atoms with van der Waals surface area (Å²) in [6.45, 7) is 0. The highest BCUT2D eigenvalue weighted by atomic mass is 79.9. The van der Waals surface area contributed by atoms with Gasteiger partial charge < -0.3 is 0 Å². The summed E-state index contributed by atoms with van der Waals surface area (Å²) in [5.74, 6) is -0.0484. The van der Waals surface area contributed by atoms with E-state index in [2.05, 4.69) is 36.4 Å². The number of nitrogens with zero attached hydrogens (tertiary/aromatic N) is 3. The van der Waals surface area contributed by atoms with Crippen LogP contribution in [0.15, 0.2) is 28.3 Å². The zero-order valence-corrected chi connectivity index (χ0v) is 9.75. The molecule has 0 saturated carbocycles. The quantitative estimate of drug-likeness (QED) is 0.915. The van der Waals surface area contributed by atoms with Crippen LogP contribution < -0.4 is 5.32 Å². The molecule has 7 heteroatoms. The second-order valence-electron chi connectivity index (χ2n) is 2.52. The molecule has 2 rings (SSSR count). The van der Waals surface area contributed by atoms with Crippen LogP contribution in [0.1, 0.15) is 9.67 Å². The fourth-order valence-electron chi connectivity index (χ4n) is 0.919. The highest BCUT2D eigenvalue weighted by molar-refractivity contribution is 9.10. The van der Waals surface area contributed by atoms with Gasteiger partial charge in [-0.05, 0) is 27.4 Å². The molecule has 0 aliphatic rings. The molecule has 76 valence electrons. The molecule has 2 heterocycles. The fourth-order valence-corrected chi connectivity index (χ4v) is 2.37. The molecule has 0 radical (unpaired) electrons. The van der Waals surface area contributed by atoms with Gasteiger partial charge in [0.15, 0.2) is 0 Å². The van der Waals surface area contributed by atoms with Crippen LogP contribution in [0.5, 0.6) is 0 Å². The van der Waals surface area contributed by atoms with Gasteiger partial charge in [0.25, 0.3) is 5.91 Å². The Hall–Kier alpha value is -1.34. The van der Waals surface area contributed by atoms with Crippen LogP contribution in [0.2, 0.25) is 0 Å². The zero-order chi connectivity index (χ0) is 10.7. The number of anilines is 1. The first-order chi connectivity index (χ1) is 7.27. The average molecular weight is 285 g/mol. The van der Waals surface area contributed by atoms with Crippen LogP contribution >= 0.6 is 27.3 Å². The second kappa shape index (κ2) is 4.45. The van der Waals surface area contributed by atoms with Crippen LogP contribution in [-0.2, 0) is 0 Å². The Morgan fingerprint density at radius 1 is 1.47 bits per heavy atom. The van der Waals surface area contributed by atoms with Crippen molar-refractivity contribution in [2.24, 2.45) is 0 Å². The first-order valence-corrected chi connectivity index (χ1v) is 5.62. The lowest BCUT2D eigenvalue weighted by Gasteiger charge is -1.99. The number of halogens is 1. The number of carbonyl (C=O) groups is 1. The average Bonchev–Trinajstić information content (AvgIpc) is 2.66. The number of hydrogen-bond acceptors (Lipinski definition) is 5. The number of aromatic nitrogens is 3. The molecular formula is C8H5BrN4OS. The first-order valence-electron chi connectivity index (χ1n) is 3.95. The fraction of sp³-hybridized carbons (Fsp3) is 0. The highest BCUT2D eigenvalue weighted by Crippen LogP contribution is 2.22. The van der Waals surface area contributed by atoms with Gasteiger partial charge in [0.1, 0.15) is 4.88 Å². The summed E-state index contributed by atoms with van der Waals surface area (Å²) >= 11 is 4.62. The molecule has 0 spiro atoms. The van der Waals surface area contributed by atoms with E-state index in [0.29, 0.717) is 4.88 Å². The van der Waals surface area contributed by atoms with Crippen molar-refractivity contribution in [3.05, 3.63) is 33.2 Å². The maximum atomic E-state index is 11.7. The molecule has 0 atom stereocenters. The van der Waals surface area contributed by atoms with Gasteiger partial charge in [0.2, 0.25) is 5.95 Å². The van der Waals surface area contributed by atoms with E-state index in [1.54, 1.807) is 0 Å². The Kier molecular flexibility index (Phi) is 3.02. The van der Waals surface area contributed by atoms with Crippen molar-refractivity contribution in [1.29, 1.82) is 0 Å². The maximum Gasteiger partial charge on any atom is 0.269 e. The summed E-state index contributed by atoms with van der Waals surface area (Å²) in [5.41, 5.74) is 0. The van der Waals surface area contributed by atoms with Crippen LogP contribution in [0, 0.1) is 0 Å². The Balaban J connectivity index is 2.15. The van der Waals surface area contributed by atoms with Crippen molar-refractivity contribution >= 4 is 39.1 Å².